The lowest BCUT2D eigenvalue weighted by Crippen LogP contribution is -2.47. The number of anilines is 1. The van der Waals surface area contributed by atoms with Crippen LogP contribution in [0.2, 0.25) is 0 Å². The second-order valence-electron chi connectivity index (χ2n) is 13.4. The van der Waals surface area contributed by atoms with Crippen LogP contribution in [-0.2, 0) is 16.1 Å². The van der Waals surface area contributed by atoms with Crippen LogP contribution in [-0.4, -0.2) is 77.1 Å². The van der Waals surface area contributed by atoms with Crippen LogP contribution in [0.25, 0.3) is 0 Å². The number of carbonyl (C=O) groups excluding carboxylic acids is 1. The van der Waals surface area contributed by atoms with E-state index in [-0.39, 0.29) is 23.6 Å². The predicted molar refractivity (Wildman–Crippen MR) is 180 cm³/mol. The second kappa shape index (κ2) is 15.8. The summed E-state index contributed by atoms with van der Waals surface area (Å²) in [6.07, 6.45) is 12.6. The molecule has 0 bridgehead atoms. The second-order valence-corrected chi connectivity index (χ2v) is 13.4. The fraction of sp³-hybridized carbons (Fsp3) is 0.500. The molecule has 244 valence electrons. The topological polar surface area (TPSA) is 61.8 Å². The van der Waals surface area contributed by atoms with Gasteiger partial charge in [0.1, 0.15) is 12.4 Å². The maximum absolute atomic E-state index is 14.5. The molecular weight excluding hydrogens is 577 g/mol. The molecule has 6 rings (SSSR count). The molecule has 1 aliphatic carbocycles. The lowest BCUT2D eigenvalue weighted by Gasteiger charge is -2.39. The average Bonchev–Trinajstić information content (AvgIpc) is 3.51. The van der Waals surface area contributed by atoms with Gasteiger partial charge in [-0.05, 0) is 66.8 Å². The first-order valence-corrected chi connectivity index (χ1v) is 17.1. The Balaban J connectivity index is 1.11. The van der Waals surface area contributed by atoms with Crippen molar-refractivity contribution in [2.45, 2.75) is 69.6 Å². The van der Waals surface area contributed by atoms with Crippen molar-refractivity contribution >= 4 is 11.9 Å². The molecule has 1 unspecified atom stereocenters. The number of carbonyl (C=O) groups is 1. The molecular formula is C38H48FN5O2. The quantitative estimate of drug-likeness (QED) is 0.169. The molecule has 4 atom stereocenters. The summed E-state index contributed by atoms with van der Waals surface area (Å²) in [5.74, 6) is 1.44. The van der Waals surface area contributed by atoms with Crippen LogP contribution < -0.4 is 4.90 Å². The molecule has 3 aromatic rings. The van der Waals surface area contributed by atoms with Crippen molar-refractivity contribution in [2.75, 3.05) is 44.2 Å². The Morgan fingerprint density at radius 3 is 2.50 bits per heavy atom. The molecule has 0 spiro atoms. The van der Waals surface area contributed by atoms with E-state index in [0.29, 0.717) is 31.0 Å². The largest absolute Gasteiger partial charge is 0.461 e. The van der Waals surface area contributed by atoms with Crippen LogP contribution in [0.4, 0.5) is 10.3 Å². The highest BCUT2D eigenvalue weighted by Crippen LogP contribution is 2.40. The van der Waals surface area contributed by atoms with E-state index >= 15 is 0 Å². The van der Waals surface area contributed by atoms with Gasteiger partial charge in [0.2, 0.25) is 5.95 Å². The van der Waals surface area contributed by atoms with Gasteiger partial charge in [-0.15, -0.1) is 6.58 Å². The summed E-state index contributed by atoms with van der Waals surface area (Å²) < 4.78 is 20.2. The van der Waals surface area contributed by atoms with Crippen LogP contribution in [0.15, 0.2) is 85.7 Å². The Morgan fingerprint density at radius 1 is 0.957 bits per heavy atom. The van der Waals surface area contributed by atoms with Gasteiger partial charge in [-0.1, -0.05) is 61.4 Å². The monoisotopic (exact) mass is 625 g/mol. The number of hydrogen-bond acceptors (Lipinski definition) is 7. The Morgan fingerprint density at radius 2 is 1.74 bits per heavy atom. The minimum atomic E-state index is -0.169. The zero-order valence-corrected chi connectivity index (χ0v) is 26.9. The van der Waals surface area contributed by atoms with E-state index in [0.717, 1.165) is 88.4 Å². The van der Waals surface area contributed by atoms with E-state index in [1.54, 1.807) is 24.5 Å². The van der Waals surface area contributed by atoms with Crippen LogP contribution in [0.5, 0.6) is 0 Å². The van der Waals surface area contributed by atoms with Crippen molar-refractivity contribution in [3.63, 3.8) is 0 Å². The third kappa shape index (κ3) is 8.20. The first-order valence-electron chi connectivity index (χ1n) is 17.1. The van der Waals surface area contributed by atoms with Gasteiger partial charge in [-0.25, -0.2) is 14.4 Å². The average molecular weight is 626 g/mol. The Hall–Kier alpha value is -3.62. The Bertz CT molecular complexity index is 1400. The highest BCUT2D eigenvalue weighted by atomic mass is 19.1. The molecule has 46 heavy (non-hydrogen) atoms. The van der Waals surface area contributed by atoms with Crippen molar-refractivity contribution in [1.29, 1.82) is 0 Å². The van der Waals surface area contributed by atoms with Crippen LogP contribution in [0.1, 0.15) is 62.0 Å². The summed E-state index contributed by atoms with van der Waals surface area (Å²) >= 11 is 0. The summed E-state index contributed by atoms with van der Waals surface area (Å²) in [6.45, 7) is 9.92. The van der Waals surface area contributed by atoms with E-state index in [9.17, 15) is 9.18 Å². The predicted octanol–water partition coefficient (Wildman–Crippen LogP) is 6.48. The molecule has 0 radical (unpaired) electrons. The first-order chi connectivity index (χ1) is 22.6. The third-order valence-electron chi connectivity index (χ3n) is 10.4. The minimum Gasteiger partial charge on any atom is -0.461 e. The van der Waals surface area contributed by atoms with Crippen molar-refractivity contribution in [2.24, 2.45) is 11.8 Å². The summed E-state index contributed by atoms with van der Waals surface area (Å²) in [6, 6.07) is 19.7. The molecule has 3 fully saturated rings. The number of hydrogen-bond donors (Lipinski definition) is 0. The van der Waals surface area contributed by atoms with E-state index < -0.39 is 0 Å². The fourth-order valence-corrected chi connectivity index (χ4v) is 8.11. The van der Waals surface area contributed by atoms with Crippen molar-refractivity contribution in [3.05, 3.63) is 103 Å². The zero-order valence-electron chi connectivity index (χ0n) is 26.9. The molecule has 0 N–H and O–H groups in total. The standard InChI is InChI=1S/C38H48FN5O2/c1-2-20-44(38-40-18-9-19-41-38)34-16-21-42(22-17-34)25-32-26-43(27-35(32)30-13-8-14-33(39)23-30)36-15-7-6-12-31(36)24-37(45)46-28-29-10-4-3-5-11-29/h2-5,8-11,13-14,18-19,23,31-32,34-36H,1,6-7,12,15-17,20-22,24-28H2/t31?,32-,35+,36+/m0/s1. The molecule has 3 heterocycles. The summed E-state index contributed by atoms with van der Waals surface area (Å²) in [5.41, 5.74) is 2.11. The number of nitrogens with zero attached hydrogens (tertiary/aromatic N) is 5. The number of rotatable bonds is 12. The maximum atomic E-state index is 14.5. The van der Waals surface area contributed by atoms with Gasteiger partial charge in [0.25, 0.3) is 0 Å². The van der Waals surface area contributed by atoms with Crippen molar-refractivity contribution in [3.8, 4) is 0 Å². The number of benzene rings is 2. The number of halogens is 1. The van der Waals surface area contributed by atoms with Gasteiger partial charge in [0.15, 0.2) is 0 Å². The molecule has 2 saturated heterocycles. The molecule has 8 heteroatoms. The lowest BCUT2D eigenvalue weighted by atomic mass is 9.81. The molecule has 3 aliphatic rings. The number of aromatic nitrogens is 2. The molecule has 2 aliphatic heterocycles. The van der Waals surface area contributed by atoms with Gasteiger partial charge in [0.05, 0.1) is 0 Å². The maximum Gasteiger partial charge on any atom is 0.306 e. The van der Waals surface area contributed by atoms with E-state index in [1.807, 2.05) is 48.5 Å². The van der Waals surface area contributed by atoms with E-state index in [4.69, 9.17) is 4.74 Å². The Labute approximate surface area is 273 Å². The number of piperidine rings is 1. The number of ether oxygens (including phenoxy) is 1. The molecule has 0 amide bonds. The third-order valence-corrected chi connectivity index (χ3v) is 10.4. The zero-order chi connectivity index (χ0) is 31.7. The van der Waals surface area contributed by atoms with Crippen LogP contribution in [0.3, 0.4) is 0 Å². The highest BCUT2D eigenvalue weighted by Gasteiger charge is 2.42. The van der Waals surface area contributed by atoms with Gasteiger partial charge >= 0.3 is 5.97 Å². The normalized spacial score (nSPS) is 24.5. The first kappa shape index (κ1) is 32.3. The number of likely N-dealkylation sites (tertiary alicyclic amines) is 2. The van der Waals surface area contributed by atoms with E-state index in [2.05, 4.69) is 37.3 Å². The van der Waals surface area contributed by atoms with Gasteiger partial charge in [-0.3, -0.25) is 9.69 Å². The van der Waals surface area contributed by atoms with Gasteiger partial charge in [-0.2, -0.15) is 0 Å². The number of esters is 1. The summed E-state index contributed by atoms with van der Waals surface area (Å²) in [4.78, 5) is 29.6. The molecule has 1 saturated carbocycles. The van der Waals surface area contributed by atoms with Crippen molar-refractivity contribution in [1.82, 2.24) is 19.8 Å². The summed E-state index contributed by atoms with van der Waals surface area (Å²) in [5, 5.41) is 0. The summed E-state index contributed by atoms with van der Waals surface area (Å²) in [7, 11) is 0. The smallest absolute Gasteiger partial charge is 0.306 e. The van der Waals surface area contributed by atoms with E-state index in [1.165, 1.54) is 6.42 Å². The minimum absolute atomic E-state index is 0.104. The Kier molecular flexibility index (Phi) is 11.1. The fourth-order valence-electron chi connectivity index (χ4n) is 8.11. The molecule has 7 nitrogen and oxygen atoms in total. The van der Waals surface area contributed by atoms with Crippen LogP contribution in [0, 0.1) is 17.7 Å². The molecule has 1 aromatic heterocycles. The SMILES string of the molecule is C=CCN(c1ncccn1)C1CCN(C[C@H]2CN([C@@H]3CCCCC3CC(=O)OCc3ccccc3)C[C@@H]2c2cccc(F)c2)CC1. The molecule has 2 aromatic carbocycles. The van der Waals surface area contributed by atoms with Gasteiger partial charge < -0.3 is 14.5 Å². The highest BCUT2D eigenvalue weighted by molar-refractivity contribution is 5.69. The van der Waals surface area contributed by atoms with Gasteiger partial charge in [0, 0.05) is 76.1 Å². The lowest BCUT2D eigenvalue weighted by molar-refractivity contribution is -0.147. The van der Waals surface area contributed by atoms with Crippen LogP contribution >= 0.6 is 0 Å². The van der Waals surface area contributed by atoms with Crippen molar-refractivity contribution < 1.29 is 13.9 Å².